The second-order valence-corrected chi connectivity index (χ2v) is 14.4. The fourth-order valence-electron chi connectivity index (χ4n) is 3.80. The lowest BCUT2D eigenvalue weighted by molar-refractivity contribution is -0.129. The third-order valence-electron chi connectivity index (χ3n) is 5.38. The quantitative estimate of drug-likeness (QED) is 0.172. The van der Waals surface area contributed by atoms with Crippen molar-refractivity contribution < 1.29 is 41.9 Å². The van der Waals surface area contributed by atoms with Crippen LogP contribution in [-0.2, 0) is 38.8 Å². The van der Waals surface area contributed by atoms with Gasteiger partial charge in [-0.1, -0.05) is 0 Å². The van der Waals surface area contributed by atoms with Crippen LogP contribution in [0.3, 0.4) is 0 Å². The van der Waals surface area contributed by atoms with E-state index in [4.69, 9.17) is 22.8 Å². The van der Waals surface area contributed by atoms with Crippen molar-refractivity contribution in [2.45, 2.75) is 105 Å². The molecule has 43 heavy (non-hydrogen) atoms. The first kappa shape index (κ1) is 38.0. The molecule has 0 aromatic carbocycles. The van der Waals surface area contributed by atoms with Crippen LogP contribution < -0.4 is 16.0 Å². The number of nitrogens with one attached hydrogen (secondary N) is 3. The Labute approximate surface area is 256 Å². The molecule has 0 radical (unpaired) electrons. The molecule has 1 heterocycles. The normalized spacial score (nSPS) is 12.8. The van der Waals surface area contributed by atoms with Crippen LogP contribution in [0.5, 0.6) is 0 Å². The second-order valence-electron chi connectivity index (χ2n) is 11.6. The molecule has 0 bridgehead atoms. The number of amides is 3. The van der Waals surface area contributed by atoms with Crippen molar-refractivity contribution in [3.05, 3.63) is 18.2 Å². The maximum Gasteiger partial charge on any atom is 0.500 e. The Morgan fingerprint density at radius 3 is 2.00 bits per heavy atom. The molecule has 3 amide bonds. The first-order valence-electron chi connectivity index (χ1n) is 14.7. The number of carbonyl (C=O) groups excluding carboxylic acids is 4. The Hall–Kier alpha value is -3.01. The fourth-order valence-corrected chi connectivity index (χ4v) is 6.41. The van der Waals surface area contributed by atoms with Gasteiger partial charge in [-0.25, -0.2) is 19.1 Å². The van der Waals surface area contributed by atoms with E-state index in [1.807, 2.05) is 20.8 Å². The lowest BCUT2D eigenvalue weighted by Gasteiger charge is -2.28. The molecule has 1 rings (SSSR count). The summed E-state index contributed by atoms with van der Waals surface area (Å²) in [6.07, 6.45) is 1.96. The lowest BCUT2D eigenvalue weighted by Crippen LogP contribution is -2.49. The van der Waals surface area contributed by atoms with E-state index in [1.165, 1.54) is 17.1 Å². The number of hydrogen-bond donors (Lipinski definition) is 3. The van der Waals surface area contributed by atoms with Gasteiger partial charge in [0.2, 0.25) is 11.8 Å². The summed E-state index contributed by atoms with van der Waals surface area (Å²) in [6.45, 7) is 17.7. The number of imidazole rings is 1. The van der Waals surface area contributed by atoms with E-state index in [1.54, 1.807) is 41.5 Å². The zero-order chi connectivity index (χ0) is 32.7. The third kappa shape index (κ3) is 15.9. The molecular weight excluding hydrogens is 578 g/mol. The van der Waals surface area contributed by atoms with Gasteiger partial charge in [0.05, 0.1) is 5.69 Å². The van der Waals surface area contributed by atoms with Crippen molar-refractivity contribution in [1.82, 2.24) is 25.5 Å². The van der Waals surface area contributed by atoms with Crippen LogP contribution in [0.1, 0.15) is 80.8 Å². The smallest absolute Gasteiger partial charge is 0.444 e. The van der Waals surface area contributed by atoms with E-state index in [-0.39, 0.29) is 19.4 Å². The molecule has 0 saturated heterocycles. The van der Waals surface area contributed by atoms with Gasteiger partial charge in [-0.05, 0) is 68.7 Å². The van der Waals surface area contributed by atoms with Crippen LogP contribution in [0, 0.1) is 0 Å². The third-order valence-corrected chi connectivity index (χ3v) is 8.53. The maximum absolute atomic E-state index is 13.2. The van der Waals surface area contributed by atoms with Crippen LogP contribution >= 0.6 is 0 Å². The summed E-state index contributed by atoms with van der Waals surface area (Å²) < 4.78 is 29.3. The van der Waals surface area contributed by atoms with Crippen molar-refractivity contribution in [2.24, 2.45) is 0 Å². The molecule has 3 N–H and O–H groups in total. The number of rotatable bonds is 17. The Kier molecular flexibility index (Phi) is 15.9. The van der Waals surface area contributed by atoms with Crippen LogP contribution in [0.4, 0.5) is 9.59 Å². The molecule has 0 aliphatic rings. The molecule has 15 heteroatoms. The molecule has 0 fully saturated rings. The number of alkyl carbamates (subject to hydrolysis) is 1. The highest BCUT2D eigenvalue weighted by molar-refractivity contribution is 6.60. The molecule has 1 atom stereocenters. The number of carbonyl (C=O) groups is 4. The summed E-state index contributed by atoms with van der Waals surface area (Å²) in [5.41, 5.74) is -0.972. The Morgan fingerprint density at radius 2 is 1.47 bits per heavy atom. The van der Waals surface area contributed by atoms with Crippen LogP contribution in [0.25, 0.3) is 0 Å². The minimum absolute atomic E-state index is 0.0152. The molecular formula is C28H51N5O9Si. The van der Waals surface area contributed by atoms with E-state index in [0.29, 0.717) is 44.5 Å². The number of hydrogen-bond acceptors (Lipinski definition) is 10. The van der Waals surface area contributed by atoms with Crippen molar-refractivity contribution >= 4 is 32.8 Å². The van der Waals surface area contributed by atoms with Crippen molar-refractivity contribution in [3.63, 3.8) is 0 Å². The zero-order valence-electron chi connectivity index (χ0n) is 27.2. The molecule has 0 aliphatic heterocycles. The second kappa shape index (κ2) is 17.9. The van der Waals surface area contributed by atoms with Crippen LogP contribution in [0.15, 0.2) is 12.5 Å². The van der Waals surface area contributed by atoms with Gasteiger partial charge in [-0.15, -0.1) is 0 Å². The van der Waals surface area contributed by atoms with Crippen LogP contribution in [-0.4, -0.2) is 92.5 Å². The number of aromatic nitrogens is 2. The van der Waals surface area contributed by atoms with E-state index < -0.39 is 50.0 Å². The van der Waals surface area contributed by atoms with Crippen molar-refractivity contribution in [1.29, 1.82) is 0 Å². The summed E-state index contributed by atoms with van der Waals surface area (Å²) in [4.78, 5) is 54.5. The monoisotopic (exact) mass is 629 g/mol. The van der Waals surface area contributed by atoms with Gasteiger partial charge in [0, 0.05) is 58.0 Å². The highest BCUT2D eigenvalue weighted by atomic mass is 28.4. The van der Waals surface area contributed by atoms with E-state index in [2.05, 4.69) is 20.9 Å². The summed E-state index contributed by atoms with van der Waals surface area (Å²) in [5.74, 6) is -0.894. The number of ether oxygens (including phenoxy) is 2. The minimum Gasteiger partial charge on any atom is -0.444 e. The zero-order valence-corrected chi connectivity index (χ0v) is 28.2. The standard InChI is InChI=1S/C28H51N5O9Si/c1-10-38-43(39-11-2,40-12-3)17-13-15-29-24(35)22(32-23(34)14-16-30-25(36)41-27(4,5)6)18-21-19-33(20-31-21)26(37)42-28(7,8)9/h19-20,22H,10-18H2,1-9H3,(H,29,35)(H,30,36)(H,32,34)/t22-/m0/s1. The van der Waals surface area contributed by atoms with E-state index in [9.17, 15) is 19.2 Å². The van der Waals surface area contributed by atoms with Gasteiger partial charge in [-0.3, -0.25) is 9.59 Å². The van der Waals surface area contributed by atoms with E-state index >= 15 is 0 Å². The number of nitrogens with zero attached hydrogens (tertiary/aromatic N) is 2. The Balaban J connectivity index is 2.90. The average molecular weight is 630 g/mol. The largest absolute Gasteiger partial charge is 0.500 e. The molecule has 0 aliphatic carbocycles. The van der Waals surface area contributed by atoms with Gasteiger partial charge < -0.3 is 38.7 Å². The average Bonchev–Trinajstić information content (AvgIpc) is 3.33. The molecule has 14 nitrogen and oxygen atoms in total. The van der Waals surface area contributed by atoms with Gasteiger partial charge in [0.1, 0.15) is 23.6 Å². The van der Waals surface area contributed by atoms with Crippen LogP contribution in [0.2, 0.25) is 6.04 Å². The van der Waals surface area contributed by atoms with Gasteiger partial charge in [-0.2, -0.15) is 0 Å². The maximum atomic E-state index is 13.2. The molecule has 1 aromatic rings. The topological polar surface area (TPSA) is 168 Å². The summed E-state index contributed by atoms with van der Waals surface area (Å²) in [7, 11) is -2.87. The molecule has 0 spiro atoms. The van der Waals surface area contributed by atoms with Crippen molar-refractivity contribution in [2.75, 3.05) is 32.9 Å². The molecule has 0 unspecified atom stereocenters. The summed E-state index contributed by atoms with van der Waals surface area (Å²) >= 11 is 0. The Morgan fingerprint density at radius 1 is 0.884 bits per heavy atom. The molecule has 246 valence electrons. The first-order valence-corrected chi connectivity index (χ1v) is 16.7. The lowest BCUT2D eigenvalue weighted by atomic mass is 10.1. The predicted molar refractivity (Wildman–Crippen MR) is 161 cm³/mol. The van der Waals surface area contributed by atoms with Gasteiger partial charge in [0.15, 0.2) is 0 Å². The minimum atomic E-state index is -2.87. The van der Waals surface area contributed by atoms with E-state index in [0.717, 1.165) is 0 Å². The summed E-state index contributed by atoms with van der Waals surface area (Å²) in [6, 6.07) is -0.486. The van der Waals surface area contributed by atoms with Gasteiger partial charge in [0.25, 0.3) is 0 Å². The highest BCUT2D eigenvalue weighted by Crippen LogP contribution is 2.18. The molecule has 1 aromatic heterocycles. The predicted octanol–water partition coefficient (Wildman–Crippen LogP) is 3.16. The highest BCUT2D eigenvalue weighted by Gasteiger charge is 2.39. The molecule has 0 saturated carbocycles. The Bertz CT molecular complexity index is 1020. The van der Waals surface area contributed by atoms with Crippen molar-refractivity contribution in [3.8, 4) is 0 Å². The first-order chi connectivity index (χ1) is 20.0. The van der Waals surface area contributed by atoms with Gasteiger partial charge >= 0.3 is 21.0 Å². The SMILES string of the molecule is CCO[Si](CCCNC(=O)[C@H](Cc1cn(C(=O)OC(C)(C)C)cn1)NC(=O)CCNC(=O)OC(C)(C)C)(OCC)OCC. The fraction of sp³-hybridized carbons (Fsp3) is 0.750. The summed E-state index contributed by atoms with van der Waals surface area (Å²) in [5, 5.41) is 8.08.